The number of carboxylic acid groups (broad SMARTS) is 1. The van der Waals surface area contributed by atoms with E-state index in [1.807, 2.05) is 24.3 Å². The molecule has 0 saturated heterocycles. The van der Waals surface area contributed by atoms with E-state index < -0.39 is 21.7 Å². The molecule has 3 aromatic rings. The van der Waals surface area contributed by atoms with Gasteiger partial charge >= 0.3 is 5.97 Å². The summed E-state index contributed by atoms with van der Waals surface area (Å²) in [6.45, 7) is 1.22. The third kappa shape index (κ3) is 7.91. The SMILES string of the molecule is O=C(O)CC(CS(=O)(=O)c1cccc(OCCCCNc2ccccn2)c1)c1ccccc1. The van der Waals surface area contributed by atoms with E-state index in [1.54, 1.807) is 42.6 Å². The molecule has 0 aliphatic carbocycles. The first-order chi connectivity index (χ1) is 15.9. The Kier molecular flexibility index (Phi) is 8.83. The van der Waals surface area contributed by atoms with Crippen LogP contribution in [0.5, 0.6) is 5.75 Å². The standard InChI is InChI=1S/C25H28N2O5S/c28-25(29)17-21(20-9-2-1-3-10-20)19-33(30,31)23-12-8-11-22(18-23)32-16-7-6-15-27-24-13-4-5-14-26-24/h1-5,8-14,18,21H,6-7,15-17,19H2,(H,26,27)(H,28,29). The minimum atomic E-state index is -3.71. The largest absolute Gasteiger partial charge is 0.494 e. The summed E-state index contributed by atoms with van der Waals surface area (Å²) in [5.74, 6) is -0.652. The number of anilines is 1. The fraction of sp³-hybridized carbons (Fsp3) is 0.280. The van der Waals surface area contributed by atoms with Crippen LogP contribution < -0.4 is 10.1 Å². The van der Waals surface area contributed by atoms with Crippen LogP contribution in [0.15, 0.2) is 83.9 Å². The second-order valence-electron chi connectivity index (χ2n) is 7.66. The summed E-state index contributed by atoms with van der Waals surface area (Å²) in [7, 11) is -3.71. The van der Waals surface area contributed by atoms with Crippen molar-refractivity contribution in [3.8, 4) is 5.75 Å². The smallest absolute Gasteiger partial charge is 0.303 e. The van der Waals surface area contributed by atoms with Crippen LogP contribution in [0.2, 0.25) is 0 Å². The Bertz CT molecular complexity index is 1120. The molecule has 2 aromatic carbocycles. The molecule has 0 aliphatic heterocycles. The molecule has 0 bridgehead atoms. The van der Waals surface area contributed by atoms with Crippen LogP contribution in [0.4, 0.5) is 5.82 Å². The molecule has 0 spiro atoms. The molecule has 0 radical (unpaired) electrons. The van der Waals surface area contributed by atoms with Gasteiger partial charge in [-0.3, -0.25) is 4.79 Å². The molecule has 1 aromatic heterocycles. The van der Waals surface area contributed by atoms with E-state index in [-0.39, 0.29) is 17.1 Å². The average Bonchev–Trinajstić information content (AvgIpc) is 2.82. The van der Waals surface area contributed by atoms with Gasteiger partial charge in [-0.2, -0.15) is 0 Å². The Labute approximate surface area is 194 Å². The van der Waals surface area contributed by atoms with Gasteiger partial charge in [-0.15, -0.1) is 0 Å². The maximum absolute atomic E-state index is 13.0. The van der Waals surface area contributed by atoms with Crippen LogP contribution in [0.25, 0.3) is 0 Å². The van der Waals surface area contributed by atoms with E-state index >= 15 is 0 Å². The number of nitrogens with one attached hydrogen (secondary N) is 1. The van der Waals surface area contributed by atoms with Gasteiger partial charge in [0.2, 0.25) is 0 Å². The highest BCUT2D eigenvalue weighted by atomic mass is 32.2. The second-order valence-corrected chi connectivity index (χ2v) is 9.69. The molecular formula is C25H28N2O5S. The van der Waals surface area contributed by atoms with Gasteiger partial charge in [-0.25, -0.2) is 13.4 Å². The van der Waals surface area contributed by atoms with Crippen LogP contribution in [-0.2, 0) is 14.6 Å². The van der Waals surface area contributed by atoms with E-state index in [0.717, 1.165) is 25.2 Å². The third-order valence-electron chi connectivity index (χ3n) is 5.09. The number of benzene rings is 2. The van der Waals surface area contributed by atoms with Crippen LogP contribution >= 0.6 is 0 Å². The molecule has 8 heteroatoms. The molecular weight excluding hydrogens is 440 g/mol. The fourth-order valence-electron chi connectivity index (χ4n) is 3.43. The van der Waals surface area contributed by atoms with E-state index in [4.69, 9.17) is 4.74 Å². The quantitative estimate of drug-likeness (QED) is 0.359. The number of aromatic nitrogens is 1. The summed E-state index contributed by atoms with van der Waals surface area (Å²) < 4.78 is 31.8. The minimum Gasteiger partial charge on any atom is -0.494 e. The average molecular weight is 469 g/mol. The zero-order valence-electron chi connectivity index (χ0n) is 18.3. The number of hydrogen-bond acceptors (Lipinski definition) is 6. The number of hydrogen-bond donors (Lipinski definition) is 2. The lowest BCUT2D eigenvalue weighted by atomic mass is 9.98. The normalized spacial score (nSPS) is 12.1. The first-order valence-corrected chi connectivity index (χ1v) is 12.5. The summed E-state index contributed by atoms with van der Waals surface area (Å²) in [6, 6.07) is 20.9. The molecule has 174 valence electrons. The Hall–Kier alpha value is -3.39. The molecule has 7 nitrogen and oxygen atoms in total. The predicted molar refractivity (Wildman–Crippen MR) is 127 cm³/mol. The van der Waals surface area contributed by atoms with E-state index in [2.05, 4.69) is 10.3 Å². The molecule has 0 aliphatic rings. The first-order valence-electron chi connectivity index (χ1n) is 10.8. The van der Waals surface area contributed by atoms with Crippen molar-refractivity contribution in [3.63, 3.8) is 0 Å². The number of sulfone groups is 1. The first kappa shape index (κ1) is 24.3. The molecule has 3 rings (SSSR count). The van der Waals surface area contributed by atoms with Crippen LogP contribution in [0, 0.1) is 0 Å². The number of pyridine rings is 1. The molecule has 0 amide bonds. The van der Waals surface area contributed by atoms with Crippen LogP contribution in [0.1, 0.15) is 30.7 Å². The fourth-order valence-corrected chi connectivity index (χ4v) is 5.04. The van der Waals surface area contributed by atoms with Gasteiger partial charge in [0.25, 0.3) is 0 Å². The van der Waals surface area contributed by atoms with Gasteiger partial charge in [-0.1, -0.05) is 42.5 Å². The van der Waals surface area contributed by atoms with Crippen LogP contribution in [-0.4, -0.2) is 43.4 Å². The van der Waals surface area contributed by atoms with Crippen molar-refractivity contribution >= 4 is 21.6 Å². The van der Waals surface area contributed by atoms with Gasteiger partial charge in [0.05, 0.1) is 23.7 Å². The Morgan fingerprint density at radius 2 is 1.79 bits per heavy atom. The highest BCUT2D eigenvalue weighted by Gasteiger charge is 2.25. The highest BCUT2D eigenvalue weighted by molar-refractivity contribution is 7.91. The number of ether oxygens (including phenoxy) is 1. The van der Waals surface area contributed by atoms with Gasteiger partial charge in [0.15, 0.2) is 9.84 Å². The Morgan fingerprint density at radius 1 is 1.00 bits per heavy atom. The second kappa shape index (κ2) is 12.0. The monoisotopic (exact) mass is 468 g/mol. The molecule has 33 heavy (non-hydrogen) atoms. The lowest BCUT2D eigenvalue weighted by molar-refractivity contribution is -0.137. The van der Waals surface area contributed by atoms with Crippen molar-refractivity contribution in [2.75, 3.05) is 24.2 Å². The molecule has 1 atom stereocenters. The summed E-state index contributed by atoms with van der Waals surface area (Å²) in [4.78, 5) is 15.6. The topological polar surface area (TPSA) is 106 Å². The van der Waals surface area contributed by atoms with E-state index in [9.17, 15) is 18.3 Å². The number of aliphatic carboxylic acids is 1. The third-order valence-corrected chi connectivity index (χ3v) is 6.90. The van der Waals surface area contributed by atoms with Crippen molar-refractivity contribution in [3.05, 3.63) is 84.6 Å². The number of unbranched alkanes of at least 4 members (excludes halogenated alkanes) is 1. The number of nitrogens with zero attached hydrogens (tertiary/aromatic N) is 1. The van der Waals surface area contributed by atoms with E-state index in [0.29, 0.717) is 17.9 Å². The summed E-state index contributed by atoms with van der Waals surface area (Å²) in [6.07, 6.45) is 3.15. The van der Waals surface area contributed by atoms with Gasteiger partial charge < -0.3 is 15.2 Å². The zero-order chi connectivity index (χ0) is 23.5. The number of rotatable bonds is 13. The van der Waals surface area contributed by atoms with Crippen molar-refractivity contribution in [2.24, 2.45) is 0 Å². The summed E-state index contributed by atoms with van der Waals surface area (Å²) >= 11 is 0. The van der Waals surface area contributed by atoms with Crippen molar-refractivity contribution < 1.29 is 23.1 Å². The molecule has 1 unspecified atom stereocenters. The van der Waals surface area contributed by atoms with Gasteiger partial charge in [0, 0.05) is 18.7 Å². The lowest BCUT2D eigenvalue weighted by Crippen LogP contribution is -2.18. The zero-order valence-corrected chi connectivity index (χ0v) is 19.1. The molecule has 1 heterocycles. The minimum absolute atomic E-state index is 0.128. The van der Waals surface area contributed by atoms with Crippen molar-refractivity contribution in [2.45, 2.75) is 30.1 Å². The van der Waals surface area contributed by atoms with Crippen molar-refractivity contribution in [1.29, 1.82) is 0 Å². The molecule has 0 saturated carbocycles. The van der Waals surface area contributed by atoms with Crippen molar-refractivity contribution in [1.82, 2.24) is 4.98 Å². The molecule has 2 N–H and O–H groups in total. The summed E-state index contributed by atoms with van der Waals surface area (Å²) in [5, 5.41) is 12.5. The maximum Gasteiger partial charge on any atom is 0.303 e. The predicted octanol–water partition coefficient (Wildman–Crippen LogP) is 4.38. The Morgan fingerprint density at radius 3 is 2.52 bits per heavy atom. The lowest BCUT2D eigenvalue weighted by Gasteiger charge is -2.16. The van der Waals surface area contributed by atoms with Gasteiger partial charge in [0.1, 0.15) is 11.6 Å². The Balaban J connectivity index is 1.55. The van der Waals surface area contributed by atoms with Crippen LogP contribution in [0.3, 0.4) is 0 Å². The number of carbonyl (C=O) groups is 1. The number of carboxylic acids is 1. The maximum atomic E-state index is 13.0. The van der Waals surface area contributed by atoms with Gasteiger partial charge in [-0.05, 0) is 48.7 Å². The summed E-state index contributed by atoms with van der Waals surface area (Å²) in [5.41, 5.74) is 0.690. The highest BCUT2D eigenvalue weighted by Crippen LogP contribution is 2.26. The molecule has 0 fully saturated rings. The van der Waals surface area contributed by atoms with E-state index in [1.165, 1.54) is 12.1 Å².